The Morgan fingerprint density at radius 1 is 1.29 bits per heavy atom. The molecule has 120 valence electrons. The first-order chi connectivity index (χ1) is 10.1. The van der Waals surface area contributed by atoms with Crippen LogP contribution in [0.15, 0.2) is 12.1 Å². The van der Waals surface area contributed by atoms with Crippen molar-refractivity contribution in [2.24, 2.45) is 0 Å². The van der Waals surface area contributed by atoms with Gasteiger partial charge in [-0.2, -0.15) is 0 Å². The van der Waals surface area contributed by atoms with E-state index in [1.807, 2.05) is 6.07 Å². The van der Waals surface area contributed by atoms with Gasteiger partial charge >= 0.3 is 0 Å². The molecule has 0 aliphatic rings. The maximum Gasteiger partial charge on any atom is 0.165 e. The third-order valence-electron chi connectivity index (χ3n) is 2.84. The molecule has 0 bridgehead atoms. The highest BCUT2D eigenvalue weighted by molar-refractivity contribution is 6.30. The van der Waals surface area contributed by atoms with E-state index in [2.05, 4.69) is 12.2 Å². The van der Waals surface area contributed by atoms with Crippen LogP contribution in [0.4, 0.5) is 0 Å². The molecule has 1 unspecified atom stereocenters. The van der Waals surface area contributed by atoms with Crippen LogP contribution in [-0.4, -0.2) is 45.2 Å². The summed E-state index contributed by atoms with van der Waals surface area (Å²) in [5, 5.41) is 13.6. The van der Waals surface area contributed by atoms with Gasteiger partial charge in [0.15, 0.2) is 11.5 Å². The van der Waals surface area contributed by atoms with Crippen molar-refractivity contribution < 1.29 is 19.3 Å². The Balaban J connectivity index is 2.85. The zero-order valence-electron chi connectivity index (χ0n) is 12.8. The van der Waals surface area contributed by atoms with E-state index in [1.165, 1.54) is 7.11 Å². The molecule has 0 radical (unpaired) electrons. The van der Waals surface area contributed by atoms with Gasteiger partial charge in [-0.1, -0.05) is 18.5 Å². The fraction of sp³-hybridized carbons (Fsp3) is 0.600. The first kappa shape index (κ1) is 18.0. The fourth-order valence-electron chi connectivity index (χ4n) is 1.89. The van der Waals surface area contributed by atoms with E-state index in [0.29, 0.717) is 23.1 Å². The van der Waals surface area contributed by atoms with Crippen molar-refractivity contribution in [3.63, 3.8) is 0 Å². The molecule has 0 fully saturated rings. The quantitative estimate of drug-likeness (QED) is 0.648. The molecule has 1 rings (SSSR count). The summed E-state index contributed by atoms with van der Waals surface area (Å²) in [6.45, 7) is 3.98. The summed E-state index contributed by atoms with van der Waals surface area (Å²) in [5.74, 6) is 1.15. The number of ether oxygens (including phenoxy) is 3. The second-order valence-corrected chi connectivity index (χ2v) is 5.13. The van der Waals surface area contributed by atoms with Crippen molar-refractivity contribution in [2.75, 3.05) is 34.0 Å². The zero-order valence-corrected chi connectivity index (χ0v) is 13.6. The summed E-state index contributed by atoms with van der Waals surface area (Å²) in [6, 6.07) is 3.54. The summed E-state index contributed by atoms with van der Waals surface area (Å²) in [4.78, 5) is 0. The number of methoxy groups -OCH3 is 2. The molecule has 21 heavy (non-hydrogen) atoms. The second kappa shape index (κ2) is 9.84. The number of benzene rings is 1. The van der Waals surface area contributed by atoms with Gasteiger partial charge in [-0.15, -0.1) is 0 Å². The molecule has 0 amide bonds. The molecule has 6 heteroatoms. The van der Waals surface area contributed by atoms with Crippen molar-refractivity contribution in [1.82, 2.24) is 5.32 Å². The van der Waals surface area contributed by atoms with Crippen LogP contribution in [0.5, 0.6) is 11.5 Å². The molecule has 0 aromatic heterocycles. The lowest BCUT2D eigenvalue weighted by molar-refractivity contribution is 0.0316. The van der Waals surface area contributed by atoms with Crippen molar-refractivity contribution in [1.29, 1.82) is 0 Å². The summed E-state index contributed by atoms with van der Waals surface area (Å²) >= 11 is 6.09. The predicted molar refractivity (Wildman–Crippen MR) is 83.4 cm³/mol. The molecule has 0 aliphatic carbocycles. The van der Waals surface area contributed by atoms with Gasteiger partial charge in [-0.05, 0) is 19.0 Å². The van der Waals surface area contributed by atoms with Crippen LogP contribution in [0.25, 0.3) is 0 Å². The number of aliphatic hydroxyl groups is 1. The fourth-order valence-corrected chi connectivity index (χ4v) is 2.12. The highest BCUT2D eigenvalue weighted by Crippen LogP contribution is 2.34. The maximum atomic E-state index is 9.70. The molecule has 0 spiro atoms. The maximum absolute atomic E-state index is 9.70. The number of hydrogen-bond donors (Lipinski definition) is 2. The van der Waals surface area contributed by atoms with Gasteiger partial charge in [0, 0.05) is 30.3 Å². The lowest BCUT2D eigenvalue weighted by Gasteiger charge is -2.18. The third-order valence-corrected chi connectivity index (χ3v) is 3.06. The van der Waals surface area contributed by atoms with Crippen molar-refractivity contribution in [3.8, 4) is 11.5 Å². The molecule has 1 atom stereocenters. The number of rotatable bonds is 10. The predicted octanol–water partition coefficient (Wildman–Crippen LogP) is 2.23. The molecule has 1 aromatic carbocycles. The number of nitrogens with one attached hydrogen (secondary N) is 1. The van der Waals surface area contributed by atoms with Gasteiger partial charge in [0.2, 0.25) is 0 Å². The smallest absolute Gasteiger partial charge is 0.165 e. The van der Waals surface area contributed by atoms with E-state index < -0.39 is 6.10 Å². The average Bonchev–Trinajstić information content (AvgIpc) is 2.46. The first-order valence-corrected chi connectivity index (χ1v) is 7.37. The second-order valence-electron chi connectivity index (χ2n) is 4.69. The van der Waals surface area contributed by atoms with Crippen LogP contribution in [0.3, 0.4) is 0 Å². The summed E-state index contributed by atoms with van der Waals surface area (Å²) in [6.07, 6.45) is 0.354. The van der Waals surface area contributed by atoms with Crippen molar-refractivity contribution in [2.45, 2.75) is 26.0 Å². The molecule has 1 aromatic rings. The lowest BCUT2D eigenvalue weighted by atomic mass is 10.1. The van der Waals surface area contributed by atoms with Crippen LogP contribution in [-0.2, 0) is 11.3 Å². The Kier molecular flexibility index (Phi) is 8.45. The molecule has 0 saturated carbocycles. The van der Waals surface area contributed by atoms with E-state index >= 15 is 0 Å². The SMILES string of the molecule is CCCNCc1cc(Cl)cc(OC)c1OCC(O)COC. The van der Waals surface area contributed by atoms with Crippen LogP contribution in [0.1, 0.15) is 18.9 Å². The molecule has 0 saturated heterocycles. The number of aliphatic hydroxyl groups excluding tert-OH is 1. The molecule has 2 N–H and O–H groups in total. The van der Waals surface area contributed by atoms with E-state index in [4.69, 9.17) is 25.8 Å². The van der Waals surface area contributed by atoms with E-state index in [1.54, 1.807) is 13.2 Å². The Labute approximate surface area is 131 Å². The lowest BCUT2D eigenvalue weighted by Crippen LogP contribution is -2.23. The summed E-state index contributed by atoms with van der Waals surface area (Å²) in [7, 11) is 3.10. The summed E-state index contributed by atoms with van der Waals surface area (Å²) < 4.78 is 15.9. The van der Waals surface area contributed by atoms with Gasteiger partial charge in [0.1, 0.15) is 12.7 Å². The zero-order chi connectivity index (χ0) is 15.7. The topological polar surface area (TPSA) is 60.0 Å². The van der Waals surface area contributed by atoms with Crippen LogP contribution in [0.2, 0.25) is 5.02 Å². The first-order valence-electron chi connectivity index (χ1n) is 6.99. The van der Waals surface area contributed by atoms with Gasteiger partial charge < -0.3 is 24.6 Å². The Morgan fingerprint density at radius 3 is 2.67 bits per heavy atom. The highest BCUT2D eigenvalue weighted by Gasteiger charge is 2.14. The van der Waals surface area contributed by atoms with Gasteiger partial charge in [-0.25, -0.2) is 0 Å². The standard InChI is InChI=1S/C15H24ClNO4/c1-4-5-17-8-11-6-12(16)7-14(20-3)15(11)21-10-13(18)9-19-2/h6-7,13,17-18H,4-5,8-10H2,1-3H3. The van der Waals surface area contributed by atoms with Crippen LogP contribution in [0, 0.1) is 0 Å². The van der Waals surface area contributed by atoms with Crippen LogP contribution >= 0.6 is 11.6 Å². The molecule has 0 heterocycles. The van der Waals surface area contributed by atoms with Gasteiger partial charge in [0.05, 0.1) is 13.7 Å². The third kappa shape index (κ3) is 6.09. The average molecular weight is 318 g/mol. The minimum atomic E-state index is -0.688. The molecule has 5 nitrogen and oxygen atoms in total. The Bertz CT molecular complexity index is 428. The highest BCUT2D eigenvalue weighted by atomic mass is 35.5. The van der Waals surface area contributed by atoms with E-state index in [0.717, 1.165) is 18.5 Å². The molecular formula is C15H24ClNO4. The molecule has 0 aliphatic heterocycles. The summed E-state index contributed by atoms with van der Waals surface area (Å²) in [5.41, 5.74) is 0.900. The van der Waals surface area contributed by atoms with Crippen LogP contribution < -0.4 is 14.8 Å². The minimum Gasteiger partial charge on any atom is -0.493 e. The molecular weight excluding hydrogens is 294 g/mol. The number of hydrogen-bond acceptors (Lipinski definition) is 5. The van der Waals surface area contributed by atoms with Gasteiger partial charge in [-0.3, -0.25) is 0 Å². The monoisotopic (exact) mass is 317 g/mol. The van der Waals surface area contributed by atoms with E-state index in [-0.39, 0.29) is 13.2 Å². The normalized spacial score (nSPS) is 12.2. The van der Waals surface area contributed by atoms with E-state index in [9.17, 15) is 5.11 Å². The minimum absolute atomic E-state index is 0.132. The number of halogens is 1. The van der Waals surface area contributed by atoms with Gasteiger partial charge in [0.25, 0.3) is 0 Å². The Morgan fingerprint density at radius 2 is 2.05 bits per heavy atom. The Hall–Kier alpha value is -1.01. The van der Waals surface area contributed by atoms with Crippen molar-refractivity contribution >= 4 is 11.6 Å². The van der Waals surface area contributed by atoms with Crippen molar-refractivity contribution in [3.05, 3.63) is 22.7 Å². The largest absolute Gasteiger partial charge is 0.493 e.